The molecule has 0 aromatic heterocycles. The van der Waals surface area contributed by atoms with Gasteiger partial charge in [0, 0.05) is 47.0 Å². The summed E-state index contributed by atoms with van der Waals surface area (Å²) in [5.74, 6) is 0.347. The highest BCUT2D eigenvalue weighted by atomic mass is 16.5. The van der Waals surface area contributed by atoms with Crippen molar-refractivity contribution in [3.63, 3.8) is 0 Å². The van der Waals surface area contributed by atoms with Crippen LogP contribution in [-0.2, 0) is 14.4 Å². The molecule has 2 aromatic rings. The number of amides is 1. The number of para-hydroxylation sites is 1. The van der Waals surface area contributed by atoms with Gasteiger partial charge in [0.2, 0.25) is 0 Å². The molecule has 5 rings (SSSR count). The summed E-state index contributed by atoms with van der Waals surface area (Å²) in [5, 5.41) is 6.21. The van der Waals surface area contributed by atoms with Crippen LogP contribution in [-0.4, -0.2) is 31.2 Å². The van der Waals surface area contributed by atoms with Crippen LogP contribution in [0.5, 0.6) is 11.5 Å². The molecule has 2 aromatic carbocycles. The van der Waals surface area contributed by atoms with Crippen LogP contribution >= 0.6 is 0 Å². The molecule has 180 valence electrons. The smallest absolute Gasteiger partial charge is 0.262 e. The Morgan fingerprint density at radius 3 is 2.20 bits per heavy atom. The Kier molecular flexibility index (Phi) is 6.40. The van der Waals surface area contributed by atoms with Gasteiger partial charge < -0.3 is 20.1 Å². The summed E-state index contributed by atoms with van der Waals surface area (Å²) < 4.78 is 11.3. The van der Waals surface area contributed by atoms with Crippen LogP contribution in [0, 0.1) is 0 Å². The number of rotatable bonds is 6. The molecule has 7 heteroatoms. The van der Waals surface area contributed by atoms with Crippen molar-refractivity contribution in [1.82, 2.24) is 5.32 Å². The second-order valence-corrected chi connectivity index (χ2v) is 9.01. The molecule has 3 aliphatic rings. The molecule has 0 bridgehead atoms. The first-order valence-corrected chi connectivity index (χ1v) is 12.0. The second kappa shape index (κ2) is 9.78. The highest BCUT2D eigenvalue weighted by molar-refractivity contribution is 6.06. The van der Waals surface area contributed by atoms with Gasteiger partial charge in [-0.05, 0) is 55.5 Å². The molecule has 35 heavy (non-hydrogen) atoms. The molecule has 7 nitrogen and oxygen atoms in total. The lowest BCUT2D eigenvalue weighted by molar-refractivity contribution is -0.118. The van der Waals surface area contributed by atoms with Crippen LogP contribution in [0.2, 0.25) is 0 Å². The molecule has 0 saturated carbocycles. The molecule has 2 N–H and O–H groups in total. The van der Waals surface area contributed by atoms with E-state index in [-0.39, 0.29) is 24.1 Å². The molecule has 0 atom stereocenters. The SMILES string of the molecule is COc1cc(C2C3=C(CCCC3=O)NC3=C2C(=O)CCC3)ccc1OCC(=O)Nc1ccccc1. The molecule has 0 fully saturated rings. The number of hydrogen-bond donors (Lipinski definition) is 2. The van der Waals surface area contributed by atoms with E-state index in [4.69, 9.17) is 9.47 Å². The van der Waals surface area contributed by atoms with Crippen LogP contribution in [0.15, 0.2) is 71.1 Å². The third-order valence-electron chi connectivity index (χ3n) is 6.73. The van der Waals surface area contributed by atoms with Crippen molar-refractivity contribution in [3.05, 3.63) is 76.6 Å². The molecule has 1 aliphatic heterocycles. The zero-order valence-corrected chi connectivity index (χ0v) is 19.7. The van der Waals surface area contributed by atoms with Crippen molar-refractivity contribution < 1.29 is 23.9 Å². The van der Waals surface area contributed by atoms with Crippen molar-refractivity contribution in [2.24, 2.45) is 0 Å². The summed E-state index contributed by atoms with van der Waals surface area (Å²) in [6, 6.07) is 14.6. The van der Waals surface area contributed by atoms with E-state index in [1.807, 2.05) is 30.3 Å². The monoisotopic (exact) mass is 472 g/mol. The minimum absolute atomic E-state index is 0.0885. The summed E-state index contributed by atoms with van der Waals surface area (Å²) in [5.41, 5.74) is 4.78. The fourth-order valence-corrected chi connectivity index (χ4v) is 5.16. The number of methoxy groups -OCH3 is 1. The maximum Gasteiger partial charge on any atom is 0.262 e. The summed E-state index contributed by atoms with van der Waals surface area (Å²) in [7, 11) is 1.53. The number of carbonyl (C=O) groups is 3. The number of ketones is 2. The molecule has 1 amide bonds. The number of carbonyl (C=O) groups excluding carboxylic acids is 3. The van der Waals surface area contributed by atoms with Gasteiger partial charge in [-0.15, -0.1) is 0 Å². The van der Waals surface area contributed by atoms with E-state index in [1.54, 1.807) is 18.2 Å². The van der Waals surface area contributed by atoms with Gasteiger partial charge >= 0.3 is 0 Å². The number of nitrogens with one attached hydrogen (secondary N) is 2. The fraction of sp³-hybridized carbons (Fsp3) is 0.321. The lowest BCUT2D eigenvalue weighted by Gasteiger charge is -2.37. The zero-order valence-electron chi connectivity index (χ0n) is 19.7. The third-order valence-corrected chi connectivity index (χ3v) is 6.73. The average Bonchev–Trinajstić information content (AvgIpc) is 2.87. The summed E-state index contributed by atoms with van der Waals surface area (Å²) in [6.07, 6.45) is 4.21. The van der Waals surface area contributed by atoms with Gasteiger partial charge in [-0.3, -0.25) is 14.4 Å². The maximum atomic E-state index is 13.0. The van der Waals surface area contributed by atoms with E-state index in [0.717, 1.165) is 42.6 Å². The Balaban J connectivity index is 1.42. The summed E-state index contributed by atoms with van der Waals surface area (Å²) >= 11 is 0. The highest BCUT2D eigenvalue weighted by Gasteiger charge is 2.40. The topological polar surface area (TPSA) is 93.7 Å². The molecule has 1 heterocycles. The summed E-state index contributed by atoms with van der Waals surface area (Å²) in [4.78, 5) is 38.3. The second-order valence-electron chi connectivity index (χ2n) is 9.01. The summed E-state index contributed by atoms with van der Waals surface area (Å²) in [6.45, 7) is -0.181. The van der Waals surface area contributed by atoms with Crippen molar-refractivity contribution in [2.75, 3.05) is 19.0 Å². The average molecular weight is 473 g/mol. The van der Waals surface area contributed by atoms with Crippen molar-refractivity contribution in [2.45, 2.75) is 44.4 Å². The Labute approximate surface area is 204 Å². The van der Waals surface area contributed by atoms with Gasteiger partial charge in [-0.1, -0.05) is 24.3 Å². The van der Waals surface area contributed by atoms with Gasteiger partial charge in [0.15, 0.2) is 29.7 Å². The van der Waals surface area contributed by atoms with Crippen LogP contribution in [0.25, 0.3) is 0 Å². The lowest BCUT2D eigenvalue weighted by Crippen LogP contribution is -2.36. The molecule has 0 radical (unpaired) electrons. The Hall–Kier alpha value is -3.87. The number of allylic oxidation sites excluding steroid dienone is 4. The maximum absolute atomic E-state index is 13.0. The minimum atomic E-state index is -0.411. The largest absolute Gasteiger partial charge is 0.493 e. The van der Waals surface area contributed by atoms with Gasteiger partial charge in [-0.25, -0.2) is 0 Å². The van der Waals surface area contributed by atoms with E-state index in [2.05, 4.69) is 10.6 Å². The lowest BCUT2D eigenvalue weighted by atomic mass is 9.71. The van der Waals surface area contributed by atoms with Gasteiger partial charge in [0.25, 0.3) is 5.91 Å². The highest BCUT2D eigenvalue weighted by Crippen LogP contribution is 2.46. The number of benzene rings is 2. The van der Waals surface area contributed by atoms with Crippen molar-refractivity contribution in [1.29, 1.82) is 0 Å². The first-order valence-electron chi connectivity index (χ1n) is 12.0. The van der Waals surface area contributed by atoms with Crippen LogP contribution in [0.3, 0.4) is 0 Å². The zero-order chi connectivity index (χ0) is 24.4. The first-order chi connectivity index (χ1) is 17.0. The first kappa shape index (κ1) is 22.9. The molecule has 0 saturated heterocycles. The van der Waals surface area contributed by atoms with Crippen LogP contribution in [0.4, 0.5) is 5.69 Å². The number of anilines is 1. The third kappa shape index (κ3) is 4.58. The van der Waals surface area contributed by atoms with E-state index in [9.17, 15) is 14.4 Å². The molecule has 0 unspecified atom stereocenters. The molecule has 2 aliphatic carbocycles. The molecular weight excluding hydrogens is 444 g/mol. The fourth-order valence-electron chi connectivity index (χ4n) is 5.16. The van der Waals surface area contributed by atoms with Crippen molar-refractivity contribution >= 4 is 23.2 Å². The molecular formula is C28H28N2O5. The van der Waals surface area contributed by atoms with E-state index in [0.29, 0.717) is 41.2 Å². The predicted octanol–water partition coefficient (Wildman–Crippen LogP) is 4.41. The number of ether oxygens (including phenoxy) is 2. The van der Waals surface area contributed by atoms with E-state index >= 15 is 0 Å². The quantitative estimate of drug-likeness (QED) is 0.647. The molecule has 0 spiro atoms. The Morgan fingerprint density at radius 1 is 0.914 bits per heavy atom. The number of hydrogen-bond acceptors (Lipinski definition) is 6. The van der Waals surface area contributed by atoms with E-state index in [1.165, 1.54) is 7.11 Å². The van der Waals surface area contributed by atoms with Gasteiger partial charge in [0.1, 0.15) is 0 Å². The van der Waals surface area contributed by atoms with Gasteiger partial charge in [0.05, 0.1) is 7.11 Å². The van der Waals surface area contributed by atoms with E-state index < -0.39 is 5.92 Å². The Morgan fingerprint density at radius 2 is 1.57 bits per heavy atom. The van der Waals surface area contributed by atoms with Crippen molar-refractivity contribution in [3.8, 4) is 11.5 Å². The van der Waals surface area contributed by atoms with Crippen LogP contribution < -0.4 is 20.1 Å². The van der Waals surface area contributed by atoms with Crippen LogP contribution in [0.1, 0.15) is 50.0 Å². The minimum Gasteiger partial charge on any atom is -0.493 e. The predicted molar refractivity (Wildman–Crippen MR) is 131 cm³/mol. The van der Waals surface area contributed by atoms with Gasteiger partial charge in [-0.2, -0.15) is 0 Å². The Bertz CT molecular complexity index is 1200. The number of dihydropyridines is 1. The standard InChI is InChI=1S/C28H28N2O5/c1-34-24-15-17(13-14-23(24)35-16-25(33)29-18-7-3-2-4-8-18)26-27-19(9-5-11-21(27)31)30-20-10-6-12-22(32)28(20)26/h2-4,7-8,13-15,26,30H,5-6,9-12,16H2,1H3,(H,29,33). The normalized spacial score (nSPS) is 18.0. The number of Topliss-reactive ketones (excluding diaryl/α,β-unsaturated/α-hetero) is 2.